The van der Waals surface area contributed by atoms with Gasteiger partial charge in [0.2, 0.25) is 0 Å². The maximum Gasteiger partial charge on any atom is 0.302 e. The monoisotopic (exact) mass is 350 g/mol. The van der Waals surface area contributed by atoms with Crippen LogP contribution in [0.5, 0.6) is 0 Å². The molecule has 2 aliphatic rings. The lowest BCUT2D eigenvalue weighted by atomic mass is 9.45. The normalized spacial score (nSPS) is 38.1. The molecule has 144 valence electrons. The van der Waals surface area contributed by atoms with Crippen molar-refractivity contribution >= 4 is 5.97 Å². The van der Waals surface area contributed by atoms with Gasteiger partial charge in [0.25, 0.3) is 0 Å². The number of hydrogen-bond acceptors (Lipinski definition) is 3. The summed E-state index contributed by atoms with van der Waals surface area (Å²) in [6.45, 7) is 13.3. The Balaban J connectivity index is 2.13. The summed E-state index contributed by atoms with van der Waals surface area (Å²) in [6.07, 6.45) is 9.81. The Morgan fingerprint density at radius 2 is 1.84 bits per heavy atom. The fourth-order valence-electron chi connectivity index (χ4n) is 5.92. The molecule has 2 saturated carbocycles. The average Bonchev–Trinajstić information content (AvgIpc) is 2.44. The molecule has 0 heterocycles. The minimum Gasteiger partial charge on any atom is -0.466 e. The summed E-state index contributed by atoms with van der Waals surface area (Å²) in [7, 11) is 0. The maximum absolute atomic E-state index is 11.2. The second-order valence-electron chi connectivity index (χ2n) is 9.73. The highest BCUT2D eigenvalue weighted by molar-refractivity contribution is 5.65. The molecule has 4 unspecified atom stereocenters. The lowest BCUT2D eigenvalue weighted by Gasteiger charge is -2.61. The molecule has 2 rings (SSSR count). The van der Waals surface area contributed by atoms with E-state index in [1.54, 1.807) is 0 Å². The second-order valence-corrected chi connectivity index (χ2v) is 9.73. The second kappa shape index (κ2) is 7.42. The molecule has 25 heavy (non-hydrogen) atoms. The molecule has 2 aliphatic carbocycles. The van der Waals surface area contributed by atoms with E-state index in [4.69, 9.17) is 4.74 Å². The molecule has 0 amide bonds. The highest BCUT2D eigenvalue weighted by Gasteiger charge is 2.57. The number of hydrogen-bond donors (Lipinski definition) is 1. The minimum atomic E-state index is -0.592. The average molecular weight is 351 g/mol. The zero-order chi connectivity index (χ0) is 18.9. The molecule has 0 aromatic carbocycles. The largest absolute Gasteiger partial charge is 0.466 e. The van der Waals surface area contributed by atoms with Crippen molar-refractivity contribution in [2.45, 2.75) is 92.1 Å². The number of carbonyl (C=O) groups excluding carboxylic acids is 1. The van der Waals surface area contributed by atoms with Crippen molar-refractivity contribution in [1.82, 2.24) is 0 Å². The Labute approximate surface area is 154 Å². The molecular weight excluding hydrogens is 312 g/mol. The predicted octanol–water partition coefficient (Wildman–Crippen LogP) is 5.27. The molecule has 1 N–H and O–H groups in total. The van der Waals surface area contributed by atoms with E-state index in [0.29, 0.717) is 23.9 Å². The molecule has 3 heteroatoms. The summed E-state index contributed by atoms with van der Waals surface area (Å²) in [5.41, 5.74) is 1.23. The van der Waals surface area contributed by atoms with Gasteiger partial charge in [-0.15, -0.1) is 0 Å². The van der Waals surface area contributed by atoms with E-state index in [-0.39, 0.29) is 11.4 Å². The molecule has 2 fully saturated rings. The molecule has 3 nitrogen and oxygen atoms in total. The van der Waals surface area contributed by atoms with E-state index in [1.807, 2.05) is 6.92 Å². The number of carbonyl (C=O) groups is 1. The fraction of sp³-hybridized carbons (Fsp3) is 0.864. The van der Waals surface area contributed by atoms with Crippen LogP contribution < -0.4 is 0 Å². The number of allylic oxidation sites excluding steroid dienone is 1. The Bertz CT molecular complexity index is 517. The van der Waals surface area contributed by atoms with Gasteiger partial charge in [-0.2, -0.15) is 0 Å². The van der Waals surface area contributed by atoms with E-state index < -0.39 is 5.60 Å². The highest BCUT2D eigenvalue weighted by atomic mass is 16.5. The first-order valence-corrected chi connectivity index (χ1v) is 10.0. The van der Waals surface area contributed by atoms with Gasteiger partial charge in [-0.05, 0) is 68.6 Å². The Hall–Kier alpha value is -0.830. The number of aliphatic hydroxyl groups is 1. The van der Waals surface area contributed by atoms with Gasteiger partial charge in [-0.3, -0.25) is 4.79 Å². The molecule has 0 bridgehead atoms. The van der Waals surface area contributed by atoms with Crippen molar-refractivity contribution in [3.63, 3.8) is 0 Å². The zero-order valence-electron chi connectivity index (χ0n) is 17.2. The van der Waals surface area contributed by atoms with Gasteiger partial charge >= 0.3 is 5.97 Å². The summed E-state index contributed by atoms with van der Waals surface area (Å²) < 4.78 is 5.05. The van der Waals surface area contributed by atoms with Crippen LogP contribution in [0.3, 0.4) is 0 Å². The molecule has 0 radical (unpaired) electrons. The molecule has 0 saturated heterocycles. The Morgan fingerprint density at radius 3 is 2.48 bits per heavy atom. The topological polar surface area (TPSA) is 46.5 Å². The van der Waals surface area contributed by atoms with Crippen LogP contribution in [-0.2, 0) is 9.53 Å². The first kappa shape index (κ1) is 20.5. The zero-order valence-corrected chi connectivity index (χ0v) is 17.2. The molecule has 0 aliphatic heterocycles. The van der Waals surface area contributed by atoms with Crippen molar-refractivity contribution in [2.24, 2.45) is 22.7 Å². The standard InChI is InChI=1S/C22H38O3/c1-16(11-15-25-17(2)23)8-9-19-21(5)13-7-12-20(3,4)18(21)10-14-22(19,6)24/h8,18-19,24H,7,9-15H2,1-6H3/b16-8+. The van der Waals surface area contributed by atoms with Crippen molar-refractivity contribution in [3.05, 3.63) is 11.6 Å². The number of ether oxygens (including phenoxy) is 1. The van der Waals surface area contributed by atoms with E-state index in [0.717, 1.165) is 25.7 Å². The molecule has 4 atom stereocenters. The maximum atomic E-state index is 11.2. The highest BCUT2D eigenvalue weighted by Crippen LogP contribution is 2.62. The smallest absolute Gasteiger partial charge is 0.302 e. The minimum absolute atomic E-state index is 0.205. The van der Waals surface area contributed by atoms with Crippen molar-refractivity contribution in [1.29, 1.82) is 0 Å². The van der Waals surface area contributed by atoms with Gasteiger partial charge < -0.3 is 9.84 Å². The quantitative estimate of drug-likeness (QED) is 0.543. The SMILES string of the molecule is CC(=O)OCC/C(C)=C/CC1C(C)(O)CCC2C(C)(C)CCCC21C. The van der Waals surface area contributed by atoms with Crippen molar-refractivity contribution < 1.29 is 14.6 Å². The van der Waals surface area contributed by atoms with E-state index >= 15 is 0 Å². The van der Waals surface area contributed by atoms with E-state index in [2.05, 4.69) is 33.8 Å². The summed E-state index contributed by atoms with van der Waals surface area (Å²) in [6, 6.07) is 0. The van der Waals surface area contributed by atoms with Crippen LogP contribution >= 0.6 is 0 Å². The lowest BCUT2D eigenvalue weighted by Crippen LogP contribution is -2.57. The number of rotatable bonds is 5. The first-order chi connectivity index (χ1) is 11.5. The van der Waals surface area contributed by atoms with Gasteiger partial charge in [0, 0.05) is 13.3 Å². The lowest BCUT2D eigenvalue weighted by molar-refractivity contribution is -0.165. The predicted molar refractivity (Wildman–Crippen MR) is 102 cm³/mol. The van der Waals surface area contributed by atoms with Crippen LogP contribution in [0.4, 0.5) is 0 Å². The molecule has 0 aromatic heterocycles. The summed E-state index contributed by atoms with van der Waals surface area (Å²) in [5, 5.41) is 11.2. The van der Waals surface area contributed by atoms with Crippen LogP contribution in [-0.4, -0.2) is 23.3 Å². The third-order valence-corrected chi connectivity index (χ3v) is 7.27. The van der Waals surface area contributed by atoms with Crippen LogP contribution in [0.1, 0.15) is 86.5 Å². The number of fused-ring (bicyclic) bond motifs is 1. The Kier molecular flexibility index (Phi) is 6.08. The molecule has 0 aromatic rings. The van der Waals surface area contributed by atoms with Gasteiger partial charge in [-0.1, -0.05) is 38.8 Å². The van der Waals surface area contributed by atoms with Crippen LogP contribution in [0.15, 0.2) is 11.6 Å². The van der Waals surface area contributed by atoms with Crippen molar-refractivity contribution in [3.8, 4) is 0 Å². The summed E-state index contributed by atoms with van der Waals surface area (Å²) >= 11 is 0. The van der Waals surface area contributed by atoms with Gasteiger partial charge in [0.1, 0.15) is 0 Å². The molecule has 0 spiro atoms. The van der Waals surface area contributed by atoms with Crippen LogP contribution in [0.2, 0.25) is 0 Å². The number of esters is 1. The Morgan fingerprint density at radius 1 is 1.16 bits per heavy atom. The third-order valence-electron chi connectivity index (χ3n) is 7.27. The molecular formula is C22H38O3. The van der Waals surface area contributed by atoms with Gasteiger partial charge in [0.05, 0.1) is 12.2 Å². The van der Waals surface area contributed by atoms with Crippen LogP contribution in [0.25, 0.3) is 0 Å². The first-order valence-electron chi connectivity index (χ1n) is 10.0. The van der Waals surface area contributed by atoms with Gasteiger partial charge in [0.15, 0.2) is 0 Å². The van der Waals surface area contributed by atoms with E-state index in [9.17, 15) is 9.90 Å². The summed E-state index contributed by atoms with van der Waals surface area (Å²) in [5.74, 6) is 0.763. The fourth-order valence-corrected chi connectivity index (χ4v) is 5.92. The third kappa shape index (κ3) is 4.48. The van der Waals surface area contributed by atoms with Crippen molar-refractivity contribution in [2.75, 3.05) is 6.61 Å². The van der Waals surface area contributed by atoms with Crippen LogP contribution in [0, 0.1) is 22.7 Å². The summed E-state index contributed by atoms with van der Waals surface area (Å²) in [4.78, 5) is 10.9. The van der Waals surface area contributed by atoms with Gasteiger partial charge in [-0.25, -0.2) is 0 Å². The van der Waals surface area contributed by atoms with E-state index in [1.165, 1.54) is 31.8 Å².